The molecule has 84 valence electrons. The van der Waals surface area contributed by atoms with Crippen molar-refractivity contribution in [1.29, 1.82) is 0 Å². The minimum Gasteiger partial charge on any atom is -0.505 e. The third kappa shape index (κ3) is 1.63. The molecule has 1 unspecified atom stereocenters. The summed E-state index contributed by atoms with van der Waals surface area (Å²) in [4.78, 5) is 4.30. The van der Waals surface area contributed by atoms with Crippen molar-refractivity contribution in [3.8, 4) is 5.75 Å². The normalized spacial score (nSPS) is 13.0. The van der Waals surface area contributed by atoms with Crippen LogP contribution in [0.3, 0.4) is 0 Å². The standard InChI is InChI=1S/C13H15NO2/c1-7-6-8(2)13(16)12-10(7)4-5-11(14-12)9(3)15/h4-6,9,15-16H,1-3H3. The number of aromatic nitrogens is 1. The molecule has 1 heterocycles. The first-order chi connectivity index (χ1) is 7.50. The van der Waals surface area contributed by atoms with E-state index in [0.29, 0.717) is 11.2 Å². The molecule has 0 spiro atoms. The van der Waals surface area contributed by atoms with Gasteiger partial charge in [-0.3, -0.25) is 0 Å². The number of aromatic hydroxyl groups is 1. The first kappa shape index (κ1) is 10.9. The fraction of sp³-hybridized carbons (Fsp3) is 0.308. The molecule has 3 heteroatoms. The summed E-state index contributed by atoms with van der Waals surface area (Å²) in [6.45, 7) is 5.49. The largest absolute Gasteiger partial charge is 0.505 e. The molecule has 1 aromatic carbocycles. The quantitative estimate of drug-likeness (QED) is 0.772. The lowest BCUT2D eigenvalue weighted by atomic mass is 10.0. The zero-order valence-corrected chi connectivity index (χ0v) is 9.65. The Morgan fingerprint density at radius 1 is 1.19 bits per heavy atom. The SMILES string of the molecule is Cc1cc(C)c2ccc(C(C)O)nc2c1O. The van der Waals surface area contributed by atoms with Gasteiger partial charge in [-0.2, -0.15) is 0 Å². The second kappa shape index (κ2) is 3.76. The number of fused-ring (bicyclic) bond motifs is 1. The van der Waals surface area contributed by atoms with Crippen LogP contribution in [0.15, 0.2) is 18.2 Å². The number of phenols is 1. The van der Waals surface area contributed by atoms with Gasteiger partial charge in [-0.25, -0.2) is 4.98 Å². The van der Waals surface area contributed by atoms with Crippen LogP contribution in [0.5, 0.6) is 5.75 Å². The molecule has 0 bridgehead atoms. The predicted molar refractivity (Wildman–Crippen MR) is 63.5 cm³/mol. The third-order valence-corrected chi connectivity index (χ3v) is 2.80. The summed E-state index contributed by atoms with van der Waals surface area (Å²) in [6.07, 6.45) is -0.621. The van der Waals surface area contributed by atoms with Crippen LogP contribution in [-0.2, 0) is 0 Å². The number of benzene rings is 1. The molecule has 0 aliphatic rings. The van der Waals surface area contributed by atoms with Crippen LogP contribution in [0.2, 0.25) is 0 Å². The number of rotatable bonds is 1. The highest BCUT2D eigenvalue weighted by molar-refractivity contribution is 5.88. The van der Waals surface area contributed by atoms with Gasteiger partial charge in [-0.1, -0.05) is 12.1 Å². The van der Waals surface area contributed by atoms with Crippen LogP contribution in [0.25, 0.3) is 10.9 Å². The molecule has 2 rings (SSSR count). The molecule has 0 amide bonds. The molecule has 16 heavy (non-hydrogen) atoms. The van der Waals surface area contributed by atoms with Crippen LogP contribution < -0.4 is 0 Å². The van der Waals surface area contributed by atoms with Crippen LogP contribution in [-0.4, -0.2) is 15.2 Å². The molecule has 2 aromatic rings. The lowest BCUT2D eigenvalue weighted by Gasteiger charge is -2.10. The number of aryl methyl sites for hydroxylation is 2. The van der Waals surface area contributed by atoms with Crippen LogP contribution in [0.4, 0.5) is 0 Å². The van der Waals surface area contributed by atoms with E-state index in [9.17, 15) is 10.2 Å². The molecule has 0 aliphatic carbocycles. The van der Waals surface area contributed by atoms with Gasteiger partial charge in [-0.05, 0) is 38.0 Å². The number of aliphatic hydroxyl groups excluding tert-OH is 1. The Morgan fingerprint density at radius 3 is 2.50 bits per heavy atom. The van der Waals surface area contributed by atoms with E-state index in [1.54, 1.807) is 13.0 Å². The summed E-state index contributed by atoms with van der Waals surface area (Å²) < 4.78 is 0. The van der Waals surface area contributed by atoms with E-state index in [2.05, 4.69) is 4.98 Å². The van der Waals surface area contributed by atoms with E-state index in [1.807, 2.05) is 26.0 Å². The van der Waals surface area contributed by atoms with E-state index in [-0.39, 0.29) is 5.75 Å². The molecule has 0 fully saturated rings. The second-order valence-corrected chi connectivity index (χ2v) is 4.17. The van der Waals surface area contributed by atoms with Gasteiger partial charge in [0, 0.05) is 5.39 Å². The number of hydrogen-bond acceptors (Lipinski definition) is 3. The summed E-state index contributed by atoms with van der Waals surface area (Å²) in [5, 5.41) is 20.3. The maximum atomic E-state index is 9.94. The lowest BCUT2D eigenvalue weighted by molar-refractivity contribution is 0.194. The Labute approximate surface area is 94.4 Å². The monoisotopic (exact) mass is 217 g/mol. The van der Waals surface area contributed by atoms with Crippen molar-refractivity contribution >= 4 is 10.9 Å². The molecule has 1 atom stereocenters. The Balaban J connectivity index is 2.81. The van der Waals surface area contributed by atoms with Crippen molar-refractivity contribution in [2.75, 3.05) is 0 Å². The Morgan fingerprint density at radius 2 is 1.88 bits per heavy atom. The van der Waals surface area contributed by atoms with Crippen LogP contribution in [0, 0.1) is 13.8 Å². The molecule has 0 saturated heterocycles. The smallest absolute Gasteiger partial charge is 0.144 e. The van der Waals surface area contributed by atoms with Crippen LogP contribution in [0.1, 0.15) is 29.8 Å². The topological polar surface area (TPSA) is 53.4 Å². The summed E-state index contributed by atoms with van der Waals surface area (Å²) in [6, 6.07) is 5.61. The van der Waals surface area contributed by atoms with E-state index in [1.165, 1.54) is 0 Å². The molecule has 0 aliphatic heterocycles. The van der Waals surface area contributed by atoms with Crippen molar-refractivity contribution in [1.82, 2.24) is 4.98 Å². The van der Waals surface area contributed by atoms with Crippen molar-refractivity contribution in [3.05, 3.63) is 35.0 Å². The van der Waals surface area contributed by atoms with Crippen molar-refractivity contribution in [3.63, 3.8) is 0 Å². The number of phenolic OH excluding ortho intramolecular Hbond substituents is 1. The molecular weight excluding hydrogens is 202 g/mol. The van der Waals surface area contributed by atoms with E-state index in [0.717, 1.165) is 16.5 Å². The van der Waals surface area contributed by atoms with Gasteiger partial charge >= 0.3 is 0 Å². The Hall–Kier alpha value is -1.61. The average molecular weight is 217 g/mol. The third-order valence-electron chi connectivity index (χ3n) is 2.80. The fourth-order valence-corrected chi connectivity index (χ4v) is 1.86. The number of pyridine rings is 1. The summed E-state index contributed by atoms with van der Waals surface area (Å²) in [5.74, 6) is 0.197. The highest BCUT2D eigenvalue weighted by Crippen LogP contribution is 2.30. The van der Waals surface area contributed by atoms with Crippen molar-refractivity contribution in [2.24, 2.45) is 0 Å². The molecule has 0 saturated carbocycles. The average Bonchev–Trinajstić information content (AvgIpc) is 2.25. The zero-order valence-electron chi connectivity index (χ0n) is 9.65. The van der Waals surface area contributed by atoms with Crippen molar-refractivity contribution < 1.29 is 10.2 Å². The van der Waals surface area contributed by atoms with E-state index >= 15 is 0 Å². The first-order valence-corrected chi connectivity index (χ1v) is 5.28. The van der Waals surface area contributed by atoms with Crippen molar-refractivity contribution in [2.45, 2.75) is 26.9 Å². The highest BCUT2D eigenvalue weighted by atomic mass is 16.3. The highest BCUT2D eigenvalue weighted by Gasteiger charge is 2.10. The Bertz CT molecular complexity index is 547. The maximum Gasteiger partial charge on any atom is 0.144 e. The van der Waals surface area contributed by atoms with Crippen LogP contribution >= 0.6 is 0 Å². The summed E-state index contributed by atoms with van der Waals surface area (Å²) >= 11 is 0. The first-order valence-electron chi connectivity index (χ1n) is 5.28. The van der Waals surface area contributed by atoms with Gasteiger partial charge in [0.15, 0.2) is 0 Å². The molecule has 0 radical (unpaired) electrons. The number of nitrogens with zero attached hydrogens (tertiary/aromatic N) is 1. The lowest BCUT2D eigenvalue weighted by Crippen LogP contribution is -1.96. The fourth-order valence-electron chi connectivity index (χ4n) is 1.86. The van der Waals surface area contributed by atoms with Gasteiger partial charge in [0.2, 0.25) is 0 Å². The van der Waals surface area contributed by atoms with E-state index < -0.39 is 6.10 Å². The maximum absolute atomic E-state index is 9.94. The van der Waals surface area contributed by atoms with Gasteiger partial charge in [0.05, 0.1) is 11.8 Å². The summed E-state index contributed by atoms with van der Waals surface area (Å²) in [7, 11) is 0. The van der Waals surface area contributed by atoms with Gasteiger partial charge in [0.1, 0.15) is 11.3 Å². The number of aliphatic hydroxyl groups is 1. The molecular formula is C13H15NO2. The van der Waals surface area contributed by atoms with Gasteiger partial charge in [-0.15, -0.1) is 0 Å². The van der Waals surface area contributed by atoms with E-state index in [4.69, 9.17) is 0 Å². The Kier molecular flexibility index (Phi) is 2.56. The van der Waals surface area contributed by atoms with Gasteiger partial charge < -0.3 is 10.2 Å². The number of hydrogen-bond donors (Lipinski definition) is 2. The summed E-state index contributed by atoms with van der Waals surface area (Å²) in [5.41, 5.74) is 3.03. The molecule has 2 N–H and O–H groups in total. The minimum absolute atomic E-state index is 0.197. The second-order valence-electron chi connectivity index (χ2n) is 4.17. The predicted octanol–water partition coefficient (Wildman–Crippen LogP) is 2.61. The van der Waals surface area contributed by atoms with Gasteiger partial charge in [0.25, 0.3) is 0 Å². The zero-order chi connectivity index (χ0) is 11.9. The minimum atomic E-state index is -0.621. The molecule has 1 aromatic heterocycles. The molecule has 3 nitrogen and oxygen atoms in total.